The third-order valence-electron chi connectivity index (χ3n) is 3.77. The molecule has 0 aliphatic carbocycles. The van der Waals surface area contributed by atoms with E-state index in [1.807, 2.05) is 32.0 Å². The molecule has 1 aromatic rings. The summed E-state index contributed by atoms with van der Waals surface area (Å²) in [5.41, 5.74) is 1.24. The number of rotatable bonds is 5. The van der Waals surface area contributed by atoms with Crippen molar-refractivity contribution in [1.29, 1.82) is 0 Å². The van der Waals surface area contributed by atoms with Crippen molar-refractivity contribution in [2.24, 2.45) is 5.92 Å². The monoisotopic (exact) mass is 274 g/mol. The van der Waals surface area contributed by atoms with Gasteiger partial charge in [-0.3, -0.25) is 9.59 Å². The summed E-state index contributed by atoms with van der Waals surface area (Å²) in [6.07, 6.45) is 2.35. The van der Waals surface area contributed by atoms with Crippen LogP contribution in [-0.2, 0) is 16.0 Å². The van der Waals surface area contributed by atoms with Crippen molar-refractivity contribution in [2.45, 2.75) is 45.2 Å². The lowest BCUT2D eigenvalue weighted by atomic mass is 10.00. The summed E-state index contributed by atoms with van der Waals surface area (Å²) in [5.74, 6) is -0.185. The van der Waals surface area contributed by atoms with E-state index in [0.717, 1.165) is 12.8 Å². The molecular weight excluding hydrogens is 252 g/mol. The van der Waals surface area contributed by atoms with Gasteiger partial charge >= 0.3 is 0 Å². The molecule has 4 heteroatoms. The third kappa shape index (κ3) is 3.83. The molecule has 2 N–H and O–H groups in total. The molecule has 0 spiro atoms. The molecular formula is C16H22N2O2. The van der Waals surface area contributed by atoms with E-state index in [0.29, 0.717) is 6.42 Å². The number of carbonyl (C=O) groups excluding carboxylic acids is 2. The fourth-order valence-electron chi connectivity index (χ4n) is 2.46. The minimum absolute atomic E-state index is 0.0322. The summed E-state index contributed by atoms with van der Waals surface area (Å²) >= 11 is 0. The SMILES string of the molecule is CC1C[C@H](NC(=O)C(C)CCc2ccccc2)C(=O)N1. The molecule has 0 radical (unpaired) electrons. The van der Waals surface area contributed by atoms with E-state index in [4.69, 9.17) is 0 Å². The maximum Gasteiger partial charge on any atom is 0.242 e. The molecule has 0 aromatic heterocycles. The third-order valence-corrected chi connectivity index (χ3v) is 3.77. The molecule has 2 unspecified atom stereocenters. The van der Waals surface area contributed by atoms with Gasteiger partial charge in [0, 0.05) is 12.0 Å². The number of aryl methyl sites for hydroxylation is 1. The Kier molecular flexibility index (Phi) is 4.77. The maximum absolute atomic E-state index is 12.1. The predicted octanol–water partition coefficient (Wildman–Crippen LogP) is 1.65. The standard InChI is InChI=1S/C16H22N2O2/c1-11(8-9-13-6-4-3-5-7-13)15(19)18-14-10-12(2)17-16(14)20/h3-7,11-12,14H,8-10H2,1-2H3,(H,17,20)(H,18,19)/t11?,12?,14-/m0/s1. The van der Waals surface area contributed by atoms with Gasteiger partial charge in [0.25, 0.3) is 0 Å². The number of hydrogen-bond acceptors (Lipinski definition) is 2. The molecule has 4 nitrogen and oxygen atoms in total. The van der Waals surface area contributed by atoms with Crippen LogP contribution in [0.15, 0.2) is 30.3 Å². The van der Waals surface area contributed by atoms with E-state index in [1.165, 1.54) is 5.56 Å². The molecule has 1 aliphatic rings. The van der Waals surface area contributed by atoms with Gasteiger partial charge in [-0.2, -0.15) is 0 Å². The van der Waals surface area contributed by atoms with Crippen molar-refractivity contribution in [2.75, 3.05) is 0 Å². The number of carbonyl (C=O) groups is 2. The molecule has 2 amide bonds. The molecule has 1 saturated heterocycles. The van der Waals surface area contributed by atoms with Crippen LogP contribution in [0.3, 0.4) is 0 Å². The molecule has 1 fully saturated rings. The van der Waals surface area contributed by atoms with Crippen LogP contribution in [0.4, 0.5) is 0 Å². The second-order valence-corrected chi connectivity index (χ2v) is 5.63. The Morgan fingerprint density at radius 2 is 2.10 bits per heavy atom. The molecule has 1 aromatic carbocycles. The number of benzene rings is 1. The van der Waals surface area contributed by atoms with E-state index in [-0.39, 0.29) is 29.8 Å². The van der Waals surface area contributed by atoms with Crippen molar-refractivity contribution in [3.63, 3.8) is 0 Å². The minimum atomic E-state index is -0.364. The zero-order chi connectivity index (χ0) is 14.5. The lowest BCUT2D eigenvalue weighted by Gasteiger charge is -2.15. The van der Waals surface area contributed by atoms with Crippen LogP contribution in [0.2, 0.25) is 0 Å². The molecule has 0 bridgehead atoms. The molecule has 108 valence electrons. The van der Waals surface area contributed by atoms with E-state index in [2.05, 4.69) is 22.8 Å². The highest BCUT2D eigenvalue weighted by Crippen LogP contribution is 2.12. The fourth-order valence-corrected chi connectivity index (χ4v) is 2.46. The summed E-state index contributed by atoms with van der Waals surface area (Å²) in [6.45, 7) is 3.86. The second kappa shape index (κ2) is 6.55. The summed E-state index contributed by atoms with van der Waals surface area (Å²) in [6, 6.07) is 9.91. The zero-order valence-corrected chi connectivity index (χ0v) is 12.1. The molecule has 20 heavy (non-hydrogen) atoms. The van der Waals surface area contributed by atoms with Gasteiger partial charge in [-0.1, -0.05) is 37.3 Å². The van der Waals surface area contributed by atoms with Gasteiger partial charge in [-0.05, 0) is 31.7 Å². The average molecular weight is 274 g/mol. The van der Waals surface area contributed by atoms with Gasteiger partial charge in [0.1, 0.15) is 6.04 Å². The predicted molar refractivity (Wildman–Crippen MR) is 78.1 cm³/mol. The Labute approximate surface area is 119 Å². The quantitative estimate of drug-likeness (QED) is 0.857. The first-order valence-electron chi connectivity index (χ1n) is 7.21. The topological polar surface area (TPSA) is 58.2 Å². The van der Waals surface area contributed by atoms with Gasteiger partial charge in [0.2, 0.25) is 11.8 Å². The first-order valence-corrected chi connectivity index (χ1v) is 7.21. The van der Waals surface area contributed by atoms with Crippen LogP contribution >= 0.6 is 0 Å². The van der Waals surface area contributed by atoms with E-state index in [1.54, 1.807) is 0 Å². The minimum Gasteiger partial charge on any atom is -0.352 e. The van der Waals surface area contributed by atoms with Crippen LogP contribution in [-0.4, -0.2) is 23.9 Å². The van der Waals surface area contributed by atoms with Crippen molar-refractivity contribution in [3.8, 4) is 0 Å². The Hall–Kier alpha value is -1.84. The smallest absolute Gasteiger partial charge is 0.242 e. The summed E-state index contributed by atoms with van der Waals surface area (Å²) in [7, 11) is 0. The molecule has 3 atom stereocenters. The van der Waals surface area contributed by atoms with Gasteiger partial charge in [-0.25, -0.2) is 0 Å². The van der Waals surface area contributed by atoms with Crippen molar-refractivity contribution >= 4 is 11.8 Å². The highest BCUT2D eigenvalue weighted by atomic mass is 16.2. The van der Waals surface area contributed by atoms with E-state index in [9.17, 15) is 9.59 Å². The average Bonchev–Trinajstić information content (AvgIpc) is 2.75. The highest BCUT2D eigenvalue weighted by molar-refractivity contribution is 5.90. The lowest BCUT2D eigenvalue weighted by molar-refractivity contribution is -0.129. The largest absolute Gasteiger partial charge is 0.352 e. The fraction of sp³-hybridized carbons (Fsp3) is 0.500. The Morgan fingerprint density at radius 3 is 2.70 bits per heavy atom. The van der Waals surface area contributed by atoms with Crippen molar-refractivity contribution in [1.82, 2.24) is 10.6 Å². The Bertz CT molecular complexity index is 473. The first-order chi connectivity index (χ1) is 9.56. The number of nitrogens with one attached hydrogen (secondary N) is 2. The van der Waals surface area contributed by atoms with Crippen molar-refractivity contribution < 1.29 is 9.59 Å². The first kappa shape index (κ1) is 14.6. The Morgan fingerprint density at radius 1 is 1.40 bits per heavy atom. The highest BCUT2D eigenvalue weighted by Gasteiger charge is 2.31. The number of hydrogen-bond donors (Lipinski definition) is 2. The van der Waals surface area contributed by atoms with Crippen molar-refractivity contribution in [3.05, 3.63) is 35.9 Å². The Balaban J connectivity index is 1.79. The van der Waals surface area contributed by atoms with Crippen LogP contribution in [0.25, 0.3) is 0 Å². The van der Waals surface area contributed by atoms with Crippen LogP contribution in [0, 0.1) is 5.92 Å². The second-order valence-electron chi connectivity index (χ2n) is 5.63. The normalized spacial score (nSPS) is 23.2. The summed E-state index contributed by atoms with van der Waals surface area (Å²) in [4.78, 5) is 23.7. The van der Waals surface area contributed by atoms with Crippen LogP contribution in [0.1, 0.15) is 32.3 Å². The van der Waals surface area contributed by atoms with Gasteiger partial charge in [0.05, 0.1) is 0 Å². The van der Waals surface area contributed by atoms with Gasteiger partial charge in [0.15, 0.2) is 0 Å². The van der Waals surface area contributed by atoms with E-state index < -0.39 is 0 Å². The summed E-state index contributed by atoms with van der Waals surface area (Å²) < 4.78 is 0. The van der Waals surface area contributed by atoms with Crippen LogP contribution in [0.5, 0.6) is 0 Å². The van der Waals surface area contributed by atoms with E-state index >= 15 is 0 Å². The molecule has 0 saturated carbocycles. The lowest BCUT2D eigenvalue weighted by Crippen LogP contribution is -2.42. The molecule has 2 rings (SSSR count). The number of amides is 2. The summed E-state index contributed by atoms with van der Waals surface area (Å²) in [5, 5.41) is 5.66. The van der Waals surface area contributed by atoms with Crippen LogP contribution < -0.4 is 10.6 Å². The zero-order valence-electron chi connectivity index (χ0n) is 12.1. The molecule has 1 heterocycles. The molecule has 1 aliphatic heterocycles. The van der Waals surface area contributed by atoms with Gasteiger partial charge in [-0.15, -0.1) is 0 Å². The van der Waals surface area contributed by atoms with Gasteiger partial charge < -0.3 is 10.6 Å². The maximum atomic E-state index is 12.1.